The molecule has 12 heavy (non-hydrogen) atoms. The van der Waals surface area contributed by atoms with Gasteiger partial charge in [-0.2, -0.15) is 5.26 Å². The molecule has 4 nitrogen and oxygen atoms in total. The van der Waals surface area contributed by atoms with Crippen LogP contribution in [0.4, 0.5) is 0 Å². The molecule has 1 N–H and O–H groups in total. The average molecular weight is 180 g/mol. The third-order valence-electron chi connectivity index (χ3n) is 1.19. The molecule has 0 saturated heterocycles. The summed E-state index contributed by atoms with van der Waals surface area (Å²) in [6.45, 7) is 0. The summed E-state index contributed by atoms with van der Waals surface area (Å²) in [4.78, 5) is 14.3. The first-order valence-corrected chi connectivity index (χ1v) is 3.43. The van der Waals surface area contributed by atoms with E-state index in [1.165, 1.54) is 12.1 Å². The Bertz CT molecular complexity index is 370. The van der Waals surface area contributed by atoms with E-state index in [9.17, 15) is 4.79 Å². The Hall–Kier alpha value is -1.54. The number of nitrogens with zero attached hydrogens (tertiary/aromatic N) is 2. The molecule has 1 heterocycles. The fourth-order valence-electron chi connectivity index (χ4n) is 0.671. The van der Waals surface area contributed by atoms with Gasteiger partial charge in [-0.25, -0.2) is 9.78 Å². The van der Waals surface area contributed by atoms with Gasteiger partial charge in [0.2, 0.25) is 0 Å². The van der Waals surface area contributed by atoms with E-state index >= 15 is 0 Å². The Morgan fingerprint density at radius 2 is 2.33 bits per heavy atom. The second-order valence-electron chi connectivity index (χ2n) is 1.98. The van der Waals surface area contributed by atoms with E-state index in [1.807, 2.05) is 0 Å². The summed E-state index contributed by atoms with van der Waals surface area (Å²) in [5.41, 5.74) is -0.123. The van der Waals surface area contributed by atoms with Gasteiger partial charge in [0.25, 0.3) is 0 Å². The van der Waals surface area contributed by atoms with Crippen LogP contribution in [0.25, 0.3) is 0 Å². The van der Waals surface area contributed by atoms with Crippen molar-refractivity contribution in [2.24, 2.45) is 0 Å². The molecule has 60 valence electrons. The lowest BCUT2D eigenvalue weighted by atomic mass is 10.3. The first kappa shape index (κ1) is 8.56. The third-order valence-corrected chi connectivity index (χ3v) is 1.55. The first-order valence-electron chi connectivity index (χ1n) is 2.98. The molecule has 5 heteroatoms. The predicted octanol–water partition coefficient (Wildman–Crippen LogP) is 0.940. The molecule has 0 aliphatic carbocycles. The lowest BCUT2D eigenvalue weighted by Crippen LogP contribution is -2.02. The second kappa shape index (κ2) is 3.24. The number of aromatic carboxylic acids is 1. The minimum absolute atomic E-state index is 0.0743. The molecule has 0 spiro atoms. The third kappa shape index (κ3) is 1.54. The van der Waals surface area contributed by atoms with Gasteiger partial charge in [-0.05, 0) is 12.1 Å². The predicted molar refractivity (Wildman–Crippen MR) is 43.2 cm³/mol. The van der Waals surface area contributed by atoms with Gasteiger partial charge in [0.05, 0.1) is 0 Å². The average Bonchev–Trinajstić information content (AvgIpc) is 2.05. The SMILES string of the molecule is N#Cc1ccc(S)c(C(=O)O)n1. The molecule has 0 amide bonds. The molecule has 0 atom stereocenters. The monoisotopic (exact) mass is 180 g/mol. The molecule has 0 fully saturated rings. The van der Waals surface area contributed by atoms with Crippen molar-refractivity contribution in [2.45, 2.75) is 4.90 Å². The maximum absolute atomic E-state index is 10.5. The summed E-state index contributed by atoms with van der Waals surface area (Å²) in [6, 6.07) is 4.58. The number of rotatable bonds is 1. The number of thiol groups is 1. The van der Waals surface area contributed by atoms with Crippen LogP contribution in [0.5, 0.6) is 0 Å². The number of hydrogen-bond donors (Lipinski definition) is 2. The highest BCUT2D eigenvalue weighted by Gasteiger charge is 2.09. The number of carboxylic acids is 1. The Balaban J connectivity index is 3.28. The molecule has 1 aromatic heterocycles. The van der Waals surface area contributed by atoms with Crippen molar-refractivity contribution in [1.82, 2.24) is 4.98 Å². The van der Waals surface area contributed by atoms with E-state index in [0.29, 0.717) is 0 Å². The summed E-state index contributed by atoms with van der Waals surface area (Å²) in [6.07, 6.45) is 0. The molecule has 0 aliphatic rings. The number of pyridine rings is 1. The fourth-order valence-corrected chi connectivity index (χ4v) is 0.892. The van der Waals surface area contributed by atoms with Crippen molar-refractivity contribution in [2.75, 3.05) is 0 Å². The van der Waals surface area contributed by atoms with E-state index < -0.39 is 5.97 Å². The van der Waals surface area contributed by atoms with Crippen molar-refractivity contribution in [1.29, 1.82) is 5.26 Å². The van der Waals surface area contributed by atoms with E-state index in [0.717, 1.165) is 0 Å². The van der Waals surface area contributed by atoms with Gasteiger partial charge in [-0.15, -0.1) is 12.6 Å². The standard InChI is InChI=1S/C7H4N2O2S/c8-3-4-1-2-5(12)6(9-4)7(10)11/h1-2,12H,(H,10,11). The van der Waals surface area contributed by atoms with Crippen LogP contribution in [-0.2, 0) is 0 Å². The first-order chi connectivity index (χ1) is 5.65. The van der Waals surface area contributed by atoms with E-state index in [1.54, 1.807) is 6.07 Å². The molecule has 0 saturated carbocycles. The zero-order valence-electron chi connectivity index (χ0n) is 5.85. The van der Waals surface area contributed by atoms with Crippen LogP contribution in [-0.4, -0.2) is 16.1 Å². The number of nitriles is 1. The Morgan fingerprint density at radius 3 is 2.83 bits per heavy atom. The quantitative estimate of drug-likeness (QED) is 0.631. The van der Waals surface area contributed by atoms with Crippen LogP contribution >= 0.6 is 12.6 Å². The fraction of sp³-hybridized carbons (Fsp3) is 0. The van der Waals surface area contributed by atoms with Gasteiger partial charge in [0, 0.05) is 4.90 Å². The minimum Gasteiger partial charge on any atom is -0.476 e. The topological polar surface area (TPSA) is 74.0 Å². The minimum atomic E-state index is -1.18. The number of carbonyl (C=O) groups is 1. The van der Waals surface area contributed by atoms with Crippen LogP contribution in [0.15, 0.2) is 17.0 Å². The second-order valence-corrected chi connectivity index (χ2v) is 2.46. The molecule has 0 radical (unpaired) electrons. The zero-order chi connectivity index (χ0) is 9.14. The van der Waals surface area contributed by atoms with Gasteiger partial charge >= 0.3 is 5.97 Å². The Morgan fingerprint density at radius 1 is 1.67 bits per heavy atom. The largest absolute Gasteiger partial charge is 0.476 e. The number of aromatic nitrogens is 1. The van der Waals surface area contributed by atoms with Crippen LogP contribution < -0.4 is 0 Å². The van der Waals surface area contributed by atoms with E-state index in [2.05, 4.69) is 17.6 Å². The van der Waals surface area contributed by atoms with Crippen molar-refractivity contribution in [3.05, 3.63) is 23.5 Å². The molecular weight excluding hydrogens is 176 g/mol. The van der Waals surface area contributed by atoms with E-state index in [-0.39, 0.29) is 16.3 Å². The molecule has 0 aliphatic heterocycles. The number of carboxylic acid groups (broad SMARTS) is 1. The lowest BCUT2D eigenvalue weighted by Gasteiger charge is -1.97. The van der Waals surface area contributed by atoms with Crippen molar-refractivity contribution < 1.29 is 9.90 Å². The van der Waals surface area contributed by atoms with Gasteiger partial charge in [0.15, 0.2) is 5.69 Å². The molecule has 1 rings (SSSR count). The summed E-state index contributed by atoms with van der Waals surface area (Å²) >= 11 is 3.87. The Kier molecular flexibility index (Phi) is 2.31. The summed E-state index contributed by atoms with van der Waals surface area (Å²) in [7, 11) is 0. The van der Waals surface area contributed by atoms with Gasteiger partial charge in [-0.1, -0.05) is 0 Å². The van der Waals surface area contributed by atoms with E-state index in [4.69, 9.17) is 10.4 Å². The van der Waals surface area contributed by atoms with Crippen LogP contribution in [0, 0.1) is 11.3 Å². The number of hydrogen-bond acceptors (Lipinski definition) is 4. The zero-order valence-corrected chi connectivity index (χ0v) is 6.75. The Labute approximate surface area is 73.9 Å². The lowest BCUT2D eigenvalue weighted by molar-refractivity contribution is 0.0686. The van der Waals surface area contributed by atoms with Gasteiger partial charge in [0.1, 0.15) is 11.8 Å². The normalized spacial score (nSPS) is 9.00. The smallest absolute Gasteiger partial charge is 0.355 e. The maximum atomic E-state index is 10.5. The summed E-state index contributed by atoms with van der Waals surface area (Å²) < 4.78 is 0. The van der Waals surface area contributed by atoms with Crippen LogP contribution in [0.1, 0.15) is 16.2 Å². The molecule has 1 aromatic rings. The molecule has 0 unspecified atom stereocenters. The van der Waals surface area contributed by atoms with Crippen molar-refractivity contribution in [3.63, 3.8) is 0 Å². The van der Waals surface area contributed by atoms with Crippen molar-refractivity contribution in [3.8, 4) is 6.07 Å². The van der Waals surface area contributed by atoms with Crippen LogP contribution in [0.2, 0.25) is 0 Å². The van der Waals surface area contributed by atoms with Gasteiger partial charge < -0.3 is 5.11 Å². The highest BCUT2D eigenvalue weighted by atomic mass is 32.1. The summed E-state index contributed by atoms with van der Waals surface area (Å²) in [5.74, 6) is -1.18. The highest BCUT2D eigenvalue weighted by Crippen LogP contribution is 2.11. The maximum Gasteiger partial charge on any atom is 0.355 e. The van der Waals surface area contributed by atoms with Crippen molar-refractivity contribution >= 4 is 18.6 Å². The molecule has 0 bridgehead atoms. The molecular formula is C7H4N2O2S. The summed E-state index contributed by atoms with van der Waals surface area (Å²) in [5, 5.41) is 17.0. The van der Waals surface area contributed by atoms with Crippen LogP contribution in [0.3, 0.4) is 0 Å². The van der Waals surface area contributed by atoms with Gasteiger partial charge in [-0.3, -0.25) is 0 Å². The highest BCUT2D eigenvalue weighted by molar-refractivity contribution is 7.80. The molecule has 0 aromatic carbocycles.